The summed E-state index contributed by atoms with van der Waals surface area (Å²) in [6.07, 6.45) is 2.53. The quantitative estimate of drug-likeness (QED) is 0.782. The molecule has 0 fully saturated rings. The fourth-order valence-electron chi connectivity index (χ4n) is 2.18. The largest absolute Gasteiger partial charge is 0.396 e. The summed E-state index contributed by atoms with van der Waals surface area (Å²) in [5.41, 5.74) is 3.01. The molecule has 0 aliphatic rings. The van der Waals surface area contributed by atoms with E-state index in [0.29, 0.717) is 11.3 Å². The predicted molar refractivity (Wildman–Crippen MR) is 87.5 cm³/mol. The Labute approximate surface area is 129 Å². The molecule has 112 valence electrons. The molecule has 0 spiro atoms. The van der Waals surface area contributed by atoms with Gasteiger partial charge in [0.05, 0.1) is 0 Å². The number of nitrogens with one attached hydrogen (secondary N) is 1. The van der Waals surface area contributed by atoms with Crippen LogP contribution in [0.1, 0.15) is 24.1 Å². The van der Waals surface area contributed by atoms with E-state index in [1.807, 2.05) is 49.6 Å². The van der Waals surface area contributed by atoms with E-state index >= 15 is 0 Å². The van der Waals surface area contributed by atoms with Crippen LogP contribution in [0.3, 0.4) is 0 Å². The maximum absolute atomic E-state index is 13.8. The minimum atomic E-state index is -0.174. The van der Waals surface area contributed by atoms with Crippen LogP contribution in [-0.2, 0) is 6.42 Å². The molecule has 1 atom stereocenters. The van der Waals surface area contributed by atoms with Crippen molar-refractivity contribution < 1.29 is 9.50 Å². The van der Waals surface area contributed by atoms with Gasteiger partial charge in [-0.15, -0.1) is 11.8 Å². The number of aliphatic hydroxyl groups excluding tert-OH is 1. The first-order valence-electron chi connectivity index (χ1n) is 6.94. The van der Waals surface area contributed by atoms with E-state index in [1.165, 1.54) is 11.8 Å². The fraction of sp³-hybridized carbons (Fsp3) is 0.294. The van der Waals surface area contributed by atoms with E-state index in [1.54, 1.807) is 6.07 Å². The van der Waals surface area contributed by atoms with Gasteiger partial charge < -0.3 is 10.4 Å². The van der Waals surface area contributed by atoms with E-state index < -0.39 is 0 Å². The number of aliphatic hydroxyl groups is 1. The molecule has 2 N–H and O–H groups in total. The van der Waals surface area contributed by atoms with Crippen molar-refractivity contribution in [2.75, 3.05) is 18.2 Å². The number of thioether (sulfide) groups is 1. The standard InChI is InChI=1S/C17H20FNOS/c1-12(14-5-8-17(21-2)16(18)11-14)19-15-6-3-13(4-7-15)9-10-20/h3-8,11-12,19-20H,9-10H2,1-2H3. The molecule has 0 aliphatic heterocycles. The molecule has 2 nitrogen and oxygen atoms in total. The molecule has 0 radical (unpaired) electrons. The van der Waals surface area contributed by atoms with Gasteiger partial charge >= 0.3 is 0 Å². The lowest BCUT2D eigenvalue weighted by molar-refractivity contribution is 0.299. The highest BCUT2D eigenvalue weighted by atomic mass is 32.2. The highest BCUT2D eigenvalue weighted by Crippen LogP contribution is 2.25. The Morgan fingerprint density at radius 1 is 1.19 bits per heavy atom. The number of halogens is 1. The molecule has 2 aromatic carbocycles. The Kier molecular flexibility index (Phi) is 5.65. The van der Waals surface area contributed by atoms with Crippen molar-refractivity contribution in [2.45, 2.75) is 24.3 Å². The molecular formula is C17H20FNOS. The third-order valence-corrected chi connectivity index (χ3v) is 4.18. The van der Waals surface area contributed by atoms with Gasteiger partial charge in [-0.2, -0.15) is 0 Å². The molecule has 21 heavy (non-hydrogen) atoms. The van der Waals surface area contributed by atoms with Crippen LogP contribution >= 0.6 is 11.8 Å². The van der Waals surface area contributed by atoms with Crippen molar-refractivity contribution in [3.63, 3.8) is 0 Å². The van der Waals surface area contributed by atoms with Crippen molar-refractivity contribution in [2.24, 2.45) is 0 Å². The average Bonchev–Trinajstić information content (AvgIpc) is 2.49. The molecule has 0 aromatic heterocycles. The lowest BCUT2D eigenvalue weighted by Crippen LogP contribution is -2.07. The first kappa shape index (κ1) is 15.9. The third kappa shape index (κ3) is 4.22. The van der Waals surface area contributed by atoms with E-state index in [2.05, 4.69) is 5.32 Å². The second-order valence-corrected chi connectivity index (χ2v) is 5.78. The minimum Gasteiger partial charge on any atom is -0.396 e. The second kappa shape index (κ2) is 7.48. The van der Waals surface area contributed by atoms with Crippen molar-refractivity contribution in [1.82, 2.24) is 0 Å². The highest BCUT2D eigenvalue weighted by Gasteiger charge is 2.09. The number of hydrogen-bond donors (Lipinski definition) is 2. The van der Waals surface area contributed by atoms with E-state index in [9.17, 15) is 4.39 Å². The zero-order valence-electron chi connectivity index (χ0n) is 12.3. The molecular weight excluding hydrogens is 285 g/mol. The first-order valence-corrected chi connectivity index (χ1v) is 8.16. The highest BCUT2D eigenvalue weighted by molar-refractivity contribution is 7.98. The topological polar surface area (TPSA) is 32.3 Å². The number of benzene rings is 2. The minimum absolute atomic E-state index is 0.0269. The van der Waals surface area contributed by atoms with Gasteiger partial charge in [-0.05, 0) is 55.0 Å². The average molecular weight is 305 g/mol. The van der Waals surface area contributed by atoms with Gasteiger partial charge in [0, 0.05) is 23.2 Å². The van der Waals surface area contributed by atoms with Gasteiger partial charge in [0.15, 0.2) is 0 Å². The third-order valence-electron chi connectivity index (χ3n) is 3.41. The molecule has 0 saturated carbocycles. The summed E-state index contributed by atoms with van der Waals surface area (Å²) < 4.78 is 13.8. The van der Waals surface area contributed by atoms with Crippen molar-refractivity contribution in [3.8, 4) is 0 Å². The number of anilines is 1. The molecule has 0 bridgehead atoms. The van der Waals surface area contributed by atoms with Crippen molar-refractivity contribution >= 4 is 17.4 Å². The van der Waals surface area contributed by atoms with Crippen molar-refractivity contribution in [3.05, 3.63) is 59.4 Å². The van der Waals surface area contributed by atoms with Gasteiger partial charge in [-0.3, -0.25) is 0 Å². The Bertz CT molecular complexity index is 586. The van der Waals surface area contributed by atoms with Gasteiger partial charge in [0.2, 0.25) is 0 Å². The molecule has 0 aliphatic carbocycles. The van der Waals surface area contributed by atoms with E-state index in [4.69, 9.17) is 5.11 Å². The summed E-state index contributed by atoms with van der Waals surface area (Å²) in [6.45, 7) is 2.17. The summed E-state index contributed by atoms with van der Waals surface area (Å²) >= 11 is 1.41. The fourth-order valence-corrected chi connectivity index (χ4v) is 2.64. The van der Waals surface area contributed by atoms with Crippen LogP contribution in [-0.4, -0.2) is 18.0 Å². The second-order valence-electron chi connectivity index (χ2n) is 4.93. The van der Waals surface area contributed by atoms with Crippen LogP contribution in [0.25, 0.3) is 0 Å². The van der Waals surface area contributed by atoms with Gasteiger partial charge in [-0.25, -0.2) is 4.39 Å². The summed E-state index contributed by atoms with van der Waals surface area (Å²) in [6, 6.07) is 13.3. The Morgan fingerprint density at radius 3 is 2.48 bits per heavy atom. The monoisotopic (exact) mass is 305 g/mol. The summed E-state index contributed by atoms with van der Waals surface area (Å²) in [7, 11) is 0. The van der Waals surface area contributed by atoms with Gasteiger partial charge in [0.1, 0.15) is 5.82 Å². The zero-order valence-corrected chi connectivity index (χ0v) is 13.1. The molecule has 2 aromatic rings. The SMILES string of the molecule is CSc1ccc(C(C)Nc2ccc(CCO)cc2)cc1F. The molecule has 0 saturated heterocycles. The van der Waals surface area contributed by atoms with Crippen LogP contribution in [0.5, 0.6) is 0 Å². The molecule has 2 rings (SSSR count). The first-order chi connectivity index (χ1) is 10.1. The smallest absolute Gasteiger partial charge is 0.137 e. The van der Waals surface area contributed by atoms with Gasteiger partial charge in [0.25, 0.3) is 0 Å². The summed E-state index contributed by atoms with van der Waals surface area (Å²) in [5, 5.41) is 12.3. The van der Waals surface area contributed by atoms with Crippen LogP contribution in [0.4, 0.5) is 10.1 Å². The molecule has 4 heteroatoms. The molecule has 1 unspecified atom stereocenters. The summed E-state index contributed by atoms with van der Waals surface area (Å²) in [5.74, 6) is -0.174. The van der Waals surface area contributed by atoms with Crippen LogP contribution in [0.2, 0.25) is 0 Å². The number of hydrogen-bond acceptors (Lipinski definition) is 3. The normalized spacial score (nSPS) is 12.2. The lowest BCUT2D eigenvalue weighted by Gasteiger charge is -2.16. The van der Waals surface area contributed by atoms with E-state index in [-0.39, 0.29) is 18.5 Å². The maximum atomic E-state index is 13.8. The van der Waals surface area contributed by atoms with Crippen LogP contribution in [0.15, 0.2) is 47.4 Å². The molecule has 0 amide bonds. The predicted octanol–water partition coefficient (Wildman–Crippen LogP) is 4.26. The van der Waals surface area contributed by atoms with E-state index in [0.717, 1.165) is 16.8 Å². The molecule has 0 heterocycles. The number of rotatable bonds is 6. The Hall–Kier alpha value is -1.52. The Balaban J connectivity index is 2.06. The van der Waals surface area contributed by atoms with Crippen LogP contribution < -0.4 is 5.32 Å². The zero-order chi connectivity index (χ0) is 15.2. The Morgan fingerprint density at radius 2 is 1.90 bits per heavy atom. The maximum Gasteiger partial charge on any atom is 0.137 e. The van der Waals surface area contributed by atoms with Gasteiger partial charge in [-0.1, -0.05) is 18.2 Å². The lowest BCUT2D eigenvalue weighted by atomic mass is 10.1. The summed E-state index contributed by atoms with van der Waals surface area (Å²) in [4.78, 5) is 0.666. The van der Waals surface area contributed by atoms with Crippen molar-refractivity contribution in [1.29, 1.82) is 0 Å². The van der Waals surface area contributed by atoms with Crippen LogP contribution in [0, 0.1) is 5.82 Å².